The lowest BCUT2D eigenvalue weighted by atomic mass is 9.97. The maximum absolute atomic E-state index is 11.2. The van der Waals surface area contributed by atoms with E-state index in [4.69, 9.17) is 4.74 Å². The van der Waals surface area contributed by atoms with E-state index in [1.165, 1.54) is 22.3 Å². The number of rotatable bonds is 4. The minimum absolute atomic E-state index is 0.313. The first-order chi connectivity index (χ1) is 7.93. The van der Waals surface area contributed by atoms with Gasteiger partial charge in [0.2, 0.25) is 0 Å². The third-order valence-electron chi connectivity index (χ3n) is 3.12. The summed E-state index contributed by atoms with van der Waals surface area (Å²) in [7, 11) is 0. The molecule has 0 aliphatic carbocycles. The zero-order chi connectivity index (χ0) is 13.0. The van der Waals surface area contributed by atoms with Gasteiger partial charge in [-0.1, -0.05) is 18.7 Å². The number of ether oxygens (including phenoxy) is 1. The summed E-state index contributed by atoms with van der Waals surface area (Å²) in [6.45, 7) is 12.0. The Morgan fingerprint density at radius 1 is 1.24 bits per heavy atom. The van der Waals surface area contributed by atoms with Gasteiger partial charge in [0.05, 0.1) is 6.61 Å². The zero-order valence-corrected chi connectivity index (χ0v) is 11.1. The Morgan fingerprint density at radius 3 is 2.47 bits per heavy atom. The molecule has 17 heavy (non-hydrogen) atoms. The van der Waals surface area contributed by atoms with Crippen molar-refractivity contribution in [3.63, 3.8) is 0 Å². The van der Waals surface area contributed by atoms with Gasteiger partial charge in [-0.25, -0.2) is 4.79 Å². The number of carbonyl (C=O) groups is 1. The van der Waals surface area contributed by atoms with E-state index < -0.39 is 0 Å². The van der Waals surface area contributed by atoms with Crippen molar-refractivity contribution >= 4 is 5.97 Å². The van der Waals surface area contributed by atoms with Gasteiger partial charge < -0.3 is 4.74 Å². The highest BCUT2D eigenvalue weighted by Gasteiger charge is 2.06. The molecule has 0 aliphatic rings. The maximum Gasteiger partial charge on any atom is 0.333 e. The predicted octanol–water partition coefficient (Wildman–Crippen LogP) is 3.27. The lowest BCUT2D eigenvalue weighted by Crippen LogP contribution is -2.09. The second-order valence-corrected chi connectivity index (χ2v) is 4.46. The van der Waals surface area contributed by atoms with Crippen LogP contribution in [0.15, 0.2) is 24.3 Å². The van der Waals surface area contributed by atoms with Crippen molar-refractivity contribution in [1.82, 2.24) is 0 Å². The third kappa shape index (κ3) is 3.45. The van der Waals surface area contributed by atoms with Crippen LogP contribution in [0.25, 0.3) is 0 Å². The van der Waals surface area contributed by atoms with Crippen molar-refractivity contribution in [3.05, 3.63) is 46.5 Å². The van der Waals surface area contributed by atoms with E-state index in [1.807, 2.05) is 0 Å². The van der Waals surface area contributed by atoms with E-state index in [1.54, 1.807) is 6.92 Å². The van der Waals surface area contributed by atoms with Crippen LogP contribution in [0, 0.1) is 20.8 Å². The summed E-state index contributed by atoms with van der Waals surface area (Å²) in [4.78, 5) is 11.2. The van der Waals surface area contributed by atoms with Gasteiger partial charge in [-0.3, -0.25) is 0 Å². The monoisotopic (exact) mass is 232 g/mol. The molecule has 1 aromatic rings. The van der Waals surface area contributed by atoms with Crippen molar-refractivity contribution in [2.45, 2.75) is 34.1 Å². The molecular formula is C15H20O2. The maximum atomic E-state index is 11.2. The van der Waals surface area contributed by atoms with Gasteiger partial charge in [-0.15, -0.1) is 0 Å². The fourth-order valence-corrected chi connectivity index (χ4v) is 1.66. The van der Waals surface area contributed by atoms with Crippen molar-refractivity contribution in [2.75, 3.05) is 6.61 Å². The molecular weight excluding hydrogens is 212 g/mol. The number of hydrogen-bond acceptors (Lipinski definition) is 2. The van der Waals surface area contributed by atoms with Crippen molar-refractivity contribution in [3.8, 4) is 0 Å². The molecule has 0 unspecified atom stereocenters. The standard InChI is InChI=1S/C15H20O2/c1-10(2)15(16)17-9-8-14-7-6-11(3)12(4)13(14)5/h6-7H,1,8-9H2,2-5H3. The van der Waals surface area contributed by atoms with Crippen LogP contribution in [0.4, 0.5) is 0 Å². The van der Waals surface area contributed by atoms with Crippen LogP contribution in [0.3, 0.4) is 0 Å². The smallest absolute Gasteiger partial charge is 0.333 e. The fraction of sp³-hybridized carbons (Fsp3) is 0.400. The summed E-state index contributed by atoms with van der Waals surface area (Å²) in [6, 6.07) is 4.21. The Hall–Kier alpha value is -1.57. The Labute approximate surface area is 103 Å². The minimum Gasteiger partial charge on any atom is -0.462 e. The molecule has 1 aromatic carbocycles. The Morgan fingerprint density at radius 2 is 1.88 bits per heavy atom. The molecule has 0 amide bonds. The van der Waals surface area contributed by atoms with Crippen molar-refractivity contribution in [1.29, 1.82) is 0 Å². The third-order valence-corrected chi connectivity index (χ3v) is 3.12. The molecule has 0 saturated heterocycles. The molecule has 2 heteroatoms. The van der Waals surface area contributed by atoms with Crippen LogP contribution in [-0.2, 0) is 16.0 Å². The molecule has 0 N–H and O–H groups in total. The lowest BCUT2D eigenvalue weighted by Gasteiger charge is -2.11. The zero-order valence-electron chi connectivity index (χ0n) is 11.1. The quantitative estimate of drug-likeness (QED) is 0.588. The van der Waals surface area contributed by atoms with E-state index in [0.29, 0.717) is 12.2 Å². The van der Waals surface area contributed by atoms with Gasteiger partial charge >= 0.3 is 5.97 Å². The SMILES string of the molecule is C=C(C)C(=O)OCCc1ccc(C)c(C)c1C. The first kappa shape index (κ1) is 13.5. The second kappa shape index (κ2) is 5.67. The normalized spacial score (nSPS) is 10.1. The summed E-state index contributed by atoms with van der Waals surface area (Å²) in [5.74, 6) is -0.313. The van der Waals surface area contributed by atoms with Crippen LogP contribution in [0.2, 0.25) is 0 Å². The van der Waals surface area contributed by atoms with Gasteiger partial charge in [0.25, 0.3) is 0 Å². The molecule has 1 rings (SSSR count). The van der Waals surface area contributed by atoms with E-state index >= 15 is 0 Å². The van der Waals surface area contributed by atoms with Crippen LogP contribution in [-0.4, -0.2) is 12.6 Å². The summed E-state index contributed by atoms with van der Waals surface area (Å²) in [6.07, 6.45) is 0.756. The largest absolute Gasteiger partial charge is 0.462 e. The van der Waals surface area contributed by atoms with Crippen molar-refractivity contribution < 1.29 is 9.53 Å². The second-order valence-electron chi connectivity index (χ2n) is 4.46. The minimum atomic E-state index is -0.313. The average molecular weight is 232 g/mol. The molecule has 0 aliphatic heterocycles. The van der Waals surface area contributed by atoms with Crippen LogP contribution >= 0.6 is 0 Å². The lowest BCUT2D eigenvalue weighted by molar-refractivity contribution is -0.138. The average Bonchev–Trinajstić information content (AvgIpc) is 2.28. The van der Waals surface area contributed by atoms with Crippen LogP contribution in [0.1, 0.15) is 29.2 Å². The first-order valence-corrected chi connectivity index (χ1v) is 5.81. The Balaban J connectivity index is 2.62. The topological polar surface area (TPSA) is 26.3 Å². The summed E-state index contributed by atoms with van der Waals surface area (Å²) >= 11 is 0. The highest BCUT2D eigenvalue weighted by Crippen LogP contribution is 2.17. The number of carbonyl (C=O) groups excluding carboxylic acids is 1. The van der Waals surface area contributed by atoms with Gasteiger partial charge in [0, 0.05) is 12.0 Å². The Bertz CT molecular complexity index is 444. The van der Waals surface area contributed by atoms with Gasteiger partial charge in [0.1, 0.15) is 0 Å². The van der Waals surface area contributed by atoms with Crippen LogP contribution < -0.4 is 0 Å². The first-order valence-electron chi connectivity index (χ1n) is 5.81. The Kier molecular flexibility index (Phi) is 4.50. The molecule has 0 fully saturated rings. The predicted molar refractivity (Wildman–Crippen MR) is 70.1 cm³/mol. The summed E-state index contributed by atoms with van der Waals surface area (Å²) in [5.41, 5.74) is 5.58. The molecule has 0 atom stereocenters. The van der Waals surface area contributed by atoms with Gasteiger partial charge in [0.15, 0.2) is 0 Å². The number of hydrogen-bond donors (Lipinski definition) is 0. The highest BCUT2D eigenvalue weighted by molar-refractivity contribution is 5.86. The molecule has 2 nitrogen and oxygen atoms in total. The number of aryl methyl sites for hydroxylation is 1. The molecule has 0 heterocycles. The van der Waals surface area contributed by atoms with Gasteiger partial charge in [-0.2, -0.15) is 0 Å². The molecule has 0 aromatic heterocycles. The van der Waals surface area contributed by atoms with E-state index in [9.17, 15) is 4.79 Å². The molecule has 92 valence electrons. The fourth-order valence-electron chi connectivity index (χ4n) is 1.66. The van der Waals surface area contributed by atoms with E-state index in [-0.39, 0.29) is 5.97 Å². The van der Waals surface area contributed by atoms with E-state index in [0.717, 1.165) is 6.42 Å². The molecule has 0 saturated carbocycles. The number of esters is 1. The summed E-state index contributed by atoms with van der Waals surface area (Å²) < 4.78 is 5.09. The van der Waals surface area contributed by atoms with Gasteiger partial charge in [-0.05, 0) is 49.9 Å². The summed E-state index contributed by atoms with van der Waals surface area (Å²) in [5, 5.41) is 0. The molecule has 0 spiro atoms. The molecule has 0 bridgehead atoms. The van der Waals surface area contributed by atoms with Crippen LogP contribution in [0.5, 0.6) is 0 Å². The number of benzene rings is 1. The molecule has 0 radical (unpaired) electrons. The van der Waals surface area contributed by atoms with E-state index in [2.05, 4.69) is 39.5 Å². The van der Waals surface area contributed by atoms with Crippen molar-refractivity contribution in [2.24, 2.45) is 0 Å². The highest BCUT2D eigenvalue weighted by atomic mass is 16.5.